The first-order valence-electron chi connectivity index (χ1n) is 12.3. The topological polar surface area (TPSA) is 152 Å². The number of aliphatic hydroxyl groups is 3. The number of nitrogens with two attached hydrogens (primary N) is 1. The van der Waals surface area contributed by atoms with E-state index in [2.05, 4.69) is 82.6 Å². The predicted molar refractivity (Wildman–Crippen MR) is 139 cm³/mol. The molecule has 4 aromatic rings. The quantitative estimate of drug-likeness (QED) is 0.242. The molecule has 0 unspecified atom stereocenters. The van der Waals surface area contributed by atoms with E-state index in [1.165, 1.54) is 28.6 Å². The predicted octanol–water partition coefficient (Wildman–Crippen LogP) is 1.76. The lowest BCUT2D eigenvalue weighted by Crippen LogP contribution is -2.33. The number of anilines is 1. The zero-order chi connectivity index (χ0) is 26.1. The minimum Gasteiger partial charge on any atom is -0.394 e. The van der Waals surface area contributed by atoms with Crippen molar-refractivity contribution in [3.63, 3.8) is 0 Å². The fraction of sp³-hybridized carbons (Fsp3) is 0.370. The number of imidazole rings is 1. The van der Waals surface area contributed by atoms with Crippen LogP contribution in [0.3, 0.4) is 0 Å². The highest BCUT2D eigenvalue weighted by atomic mass is 16.6. The number of ether oxygens (including phenoxy) is 1. The van der Waals surface area contributed by atoms with Crippen molar-refractivity contribution in [3.8, 4) is 0 Å². The first-order valence-corrected chi connectivity index (χ1v) is 12.3. The molecule has 0 radical (unpaired) electrons. The average molecular weight is 505 g/mol. The van der Waals surface area contributed by atoms with Gasteiger partial charge < -0.3 is 31.1 Å². The van der Waals surface area contributed by atoms with Gasteiger partial charge in [0.25, 0.3) is 0 Å². The molecule has 1 fully saturated rings. The van der Waals surface area contributed by atoms with E-state index in [0.29, 0.717) is 29.4 Å². The summed E-state index contributed by atoms with van der Waals surface area (Å²) in [6.45, 7) is 4.39. The van der Waals surface area contributed by atoms with Crippen molar-refractivity contribution >= 4 is 17.0 Å². The van der Waals surface area contributed by atoms with Crippen molar-refractivity contribution in [2.24, 2.45) is 5.73 Å². The maximum atomic E-state index is 10.5. The van der Waals surface area contributed by atoms with Gasteiger partial charge in [-0.15, -0.1) is 0 Å². The Labute approximate surface area is 214 Å². The van der Waals surface area contributed by atoms with Crippen LogP contribution in [0, 0.1) is 13.8 Å². The lowest BCUT2D eigenvalue weighted by Gasteiger charge is -2.21. The number of nitrogens with one attached hydrogen (secondary N) is 1. The van der Waals surface area contributed by atoms with Gasteiger partial charge in [-0.2, -0.15) is 0 Å². The molecular weight excluding hydrogens is 472 g/mol. The molecule has 1 aliphatic rings. The van der Waals surface area contributed by atoms with Crippen LogP contribution in [0.4, 0.5) is 5.82 Å². The molecule has 4 atom stereocenters. The largest absolute Gasteiger partial charge is 0.394 e. The third-order valence-electron chi connectivity index (χ3n) is 6.80. The second-order valence-electron chi connectivity index (χ2n) is 9.51. The summed E-state index contributed by atoms with van der Waals surface area (Å²) in [5, 5.41) is 33.7. The van der Waals surface area contributed by atoms with Crippen LogP contribution in [0.2, 0.25) is 0 Å². The number of rotatable bonds is 8. The van der Waals surface area contributed by atoms with E-state index in [-0.39, 0.29) is 12.5 Å². The van der Waals surface area contributed by atoms with Crippen LogP contribution in [0.25, 0.3) is 11.2 Å². The van der Waals surface area contributed by atoms with Crippen molar-refractivity contribution in [1.29, 1.82) is 0 Å². The first-order chi connectivity index (χ1) is 17.9. The molecule has 37 heavy (non-hydrogen) atoms. The van der Waals surface area contributed by atoms with Crippen LogP contribution in [0.1, 0.15) is 40.2 Å². The van der Waals surface area contributed by atoms with Crippen molar-refractivity contribution in [2.75, 3.05) is 18.5 Å². The fourth-order valence-electron chi connectivity index (χ4n) is 4.87. The van der Waals surface area contributed by atoms with Gasteiger partial charge in [0.1, 0.15) is 24.1 Å². The maximum absolute atomic E-state index is 10.5. The van der Waals surface area contributed by atoms with E-state index in [9.17, 15) is 15.3 Å². The molecule has 10 heteroatoms. The summed E-state index contributed by atoms with van der Waals surface area (Å²) in [4.78, 5) is 13.6. The number of fused-ring (bicyclic) bond motifs is 1. The zero-order valence-corrected chi connectivity index (χ0v) is 20.8. The Morgan fingerprint density at radius 3 is 2.27 bits per heavy atom. The number of nitrogens with zero attached hydrogens (tertiary/aromatic N) is 4. The molecular formula is C27H32N6O4. The van der Waals surface area contributed by atoms with Gasteiger partial charge in [-0.3, -0.25) is 4.57 Å². The summed E-state index contributed by atoms with van der Waals surface area (Å²) in [6.07, 6.45) is -2.86. The molecule has 0 spiro atoms. The standard InChI is InChI=1S/C27H32N6O4/c1-15-5-3-7-17(9-15)19(18-8-4-6-16(2)10-18)12-29-25-22-26(32-21(11-28)31-25)33(14-30-22)27-24(36)23(35)20(13-34)37-27/h3-10,14,19-20,23-24,27,34-36H,11-13,28H2,1-2H3,(H,29,31,32)/t20-,23-,24-,27-/m1/s1. The van der Waals surface area contributed by atoms with Crippen LogP contribution in [0.5, 0.6) is 0 Å². The van der Waals surface area contributed by atoms with Crippen molar-refractivity contribution < 1.29 is 20.1 Å². The smallest absolute Gasteiger partial charge is 0.168 e. The van der Waals surface area contributed by atoms with Gasteiger partial charge in [0.15, 0.2) is 23.2 Å². The average Bonchev–Trinajstić information content (AvgIpc) is 3.44. The molecule has 3 heterocycles. The SMILES string of the molecule is Cc1cccc(C(CNc2nc(CN)nc3c2ncn3[C@@H]2O[C@H](CO)[C@@H](O)[C@H]2O)c2cccc(C)c2)c1. The Morgan fingerprint density at radius 2 is 1.70 bits per heavy atom. The van der Waals surface area contributed by atoms with Crippen LogP contribution >= 0.6 is 0 Å². The summed E-state index contributed by atoms with van der Waals surface area (Å²) < 4.78 is 7.24. The van der Waals surface area contributed by atoms with Gasteiger partial charge in [0, 0.05) is 12.5 Å². The highest BCUT2D eigenvalue weighted by molar-refractivity contribution is 5.83. The molecule has 2 aromatic carbocycles. The molecule has 0 saturated carbocycles. The molecule has 194 valence electrons. The second kappa shape index (κ2) is 10.5. The molecule has 0 amide bonds. The third-order valence-corrected chi connectivity index (χ3v) is 6.80. The van der Waals surface area contributed by atoms with E-state index in [0.717, 1.165) is 0 Å². The monoisotopic (exact) mass is 504 g/mol. The summed E-state index contributed by atoms with van der Waals surface area (Å²) >= 11 is 0. The minimum atomic E-state index is -1.26. The van der Waals surface area contributed by atoms with E-state index < -0.39 is 31.1 Å². The van der Waals surface area contributed by atoms with E-state index in [1.807, 2.05) is 0 Å². The molecule has 0 aliphatic carbocycles. The molecule has 0 bridgehead atoms. The van der Waals surface area contributed by atoms with Crippen LogP contribution in [-0.2, 0) is 11.3 Å². The summed E-state index contributed by atoms with van der Waals surface area (Å²) in [5.74, 6) is 0.959. The molecule has 1 saturated heterocycles. The summed E-state index contributed by atoms with van der Waals surface area (Å²) in [5.41, 5.74) is 11.5. The van der Waals surface area contributed by atoms with Crippen LogP contribution in [-0.4, -0.2) is 66.3 Å². The van der Waals surface area contributed by atoms with Gasteiger partial charge in [0.2, 0.25) is 0 Å². The number of aromatic nitrogens is 4. The molecule has 5 rings (SSSR count). The van der Waals surface area contributed by atoms with Gasteiger partial charge in [-0.25, -0.2) is 15.0 Å². The summed E-state index contributed by atoms with van der Waals surface area (Å²) in [7, 11) is 0. The highest BCUT2D eigenvalue weighted by Gasteiger charge is 2.44. The Bertz CT molecular complexity index is 1350. The molecule has 2 aromatic heterocycles. The second-order valence-corrected chi connectivity index (χ2v) is 9.51. The lowest BCUT2D eigenvalue weighted by atomic mass is 9.89. The Balaban J connectivity index is 1.50. The van der Waals surface area contributed by atoms with Gasteiger partial charge >= 0.3 is 0 Å². The van der Waals surface area contributed by atoms with Crippen molar-refractivity contribution in [3.05, 3.63) is 82.9 Å². The number of aliphatic hydroxyl groups excluding tert-OH is 3. The number of benzene rings is 2. The Hall–Kier alpha value is -3.41. The van der Waals surface area contributed by atoms with Crippen LogP contribution < -0.4 is 11.1 Å². The van der Waals surface area contributed by atoms with Gasteiger partial charge in [-0.1, -0.05) is 59.7 Å². The number of aryl methyl sites for hydroxylation is 2. The van der Waals surface area contributed by atoms with Gasteiger partial charge in [-0.05, 0) is 25.0 Å². The summed E-state index contributed by atoms with van der Waals surface area (Å²) in [6, 6.07) is 16.9. The minimum absolute atomic E-state index is 0.0497. The normalized spacial score (nSPS) is 21.7. The van der Waals surface area contributed by atoms with Crippen molar-refractivity contribution in [2.45, 2.75) is 50.8 Å². The Morgan fingerprint density at radius 1 is 1.03 bits per heavy atom. The van der Waals surface area contributed by atoms with E-state index in [1.54, 1.807) is 4.57 Å². The molecule has 1 aliphatic heterocycles. The van der Waals surface area contributed by atoms with Gasteiger partial charge in [0.05, 0.1) is 19.5 Å². The first kappa shape index (κ1) is 25.2. The number of hydrogen-bond acceptors (Lipinski definition) is 9. The maximum Gasteiger partial charge on any atom is 0.168 e. The lowest BCUT2D eigenvalue weighted by molar-refractivity contribution is -0.0511. The molecule has 10 nitrogen and oxygen atoms in total. The molecule has 6 N–H and O–H groups in total. The third kappa shape index (κ3) is 4.94. The van der Waals surface area contributed by atoms with E-state index in [4.69, 9.17) is 10.5 Å². The zero-order valence-electron chi connectivity index (χ0n) is 20.8. The Kier molecular flexibility index (Phi) is 7.18. The highest BCUT2D eigenvalue weighted by Crippen LogP contribution is 2.33. The number of hydrogen-bond donors (Lipinski definition) is 5. The van der Waals surface area contributed by atoms with Crippen molar-refractivity contribution in [1.82, 2.24) is 19.5 Å². The van der Waals surface area contributed by atoms with E-state index >= 15 is 0 Å². The fourth-order valence-corrected chi connectivity index (χ4v) is 4.87. The van der Waals surface area contributed by atoms with Crippen LogP contribution in [0.15, 0.2) is 54.9 Å².